The van der Waals surface area contributed by atoms with E-state index < -0.39 is 0 Å². The van der Waals surface area contributed by atoms with E-state index in [1.807, 2.05) is 0 Å². The average Bonchev–Trinajstić information content (AvgIpc) is 3.40. The minimum atomic E-state index is 0.0214. The highest BCUT2D eigenvalue weighted by Crippen LogP contribution is 2.14. The summed E-state index contributed by atoms with van der Waals surface area (Å²) in [5.41, 5.74) is 0. The van der Waals surface area contributed by atoms with Gasteiger partial charge >= 0.3 is 0 Å². The molecule has 0 aromatic carbocycles. The van der Waals surface area contributed by atoms with E-state index in [4.69, 9.17) is 90.4 Å². The summed E-state index contributed by atoms with van der Waals surface area (Å²) in [6, 6.07) is 0. The Hall–Kier alpha value is -0.760. The number of hydrogen-bond acceptors (Lipinski definition) is 19. The van der Waals surface area contributed by atoms with Crippen LogP contribution in [-0.4, -0.2) is 250 Å². The van der Waals surface area contributed by atoms with Crippen molar-refractivity contribution in [2.24, 2.45) is 0 Å². The van der Waals surface area contributed by atoms with Gasteiger partial charge in [0.05, 0.1) is 238 Å². The van der Waals surface area contributed by atoms with Gasteiger partial charge in [0.2, 0.25) is 0 Å². The van der Waals surface area contributed by atoms with Gasteiger partial charge in [-0.25, -0.2) is 0 Å². The lowest BCUT2D eigenvalue weighted by Crippen LogP contribution is -2.16. The second-order valence-corrected chi connectivity index (χ2v) is 17.0. The van der Waals surface area contributed by atoms with Crippen LogP contribution in [0.3, 0.4) is 0 Å². The third kappa shape index (κ3) is 71.2. The van der Waals surface area contributed by atoms with Crippen LogP contribution in [0.2, 0.25) is 0 Å². The Bertz CT molecular complexity index is 864. The molecular formula is C54H110O19. The first-order chi connectivity index (χ1) is 36.4. The molecule has 0 spiro atoms. The number of aliphatic hydroxyl groups is 1. The maximum atomic E-state index is 8.61. The van der Waals surface area contributed by atoms with Crippen LogP contribution in [0, 0.1) is 0 Å². The van der Waals surface area contributed by atoms with Crippen LogP contribution >= 0.6 is 0 Å². The first-order valence-corrected chi connectivity index (χ1v) is 28.4. The number of unbranched alkanes of at least 4 members (excludes halogenated alkanes) is 15. The molecule has 19 heteroatoms. The molecule has 0 aromatic rings. The van der Waals surface area contributed by atoms with Crippen molar-refractivity contribution in [2.75, 3.05) is 244 Å². The Balaban J connectivity index is 3.07. The van der Waals surface area contributed by atoms with Crippen molar-refractivity contribution in [2.45, 2.75) is 110 Å². The molecule has 1 N–H and O–H groups in total. The molecule has 0 aromatic heterocycles. The van der Waals surface area contributed by atoms with E-state index in [2.05, 4.69) is 6.92 Å². The Labute approximate surface area is 443 Å². The topological polar surface area (TPSA) is 186 Å². The molecule has 0 aliphatic rings. The lowest BCUT2D eigenvalue weighted by Gasteiger charge is -2.09. The summed E-state index contributed by atoms with van der Waals surface area (Å²) in [6.07, 6.45) is 22.1. The van der Waals surface area contributed by atoms with Crippen molar-refractivity contribution in [1.82, 2.24) is 0 Å². The Morgan fingerprint density at radius 1 is 0.151 bits per heavy atom. The molecule has 0 aliphatic heterocycles. The molecule has 0 amide bonds. The number of ether oxygens (including phenoxy) is 18. The van der Waals surface area contributed by atoms with E-state index >= 15 is 0 Å². The van der Waals surface area contributed by atoms with Gasteiger partial charge in [0.25, 0.3) is 0 Å². The van der Waals surface area contributed by atoms with Gasteiger partial charge in [0.15, 0.2) is 0 Å². The molecule has 0 atom stereocenters. The normalized spacial score (nSPS) is 11.8. The minimum Gasteiger partial charge on any atom is -0.394 e. The Morgan fingerprint density at radius 2 is 0.274 bits per heavy atom. The maximum Gasteiger partial charge on any atom is 0.0701 e. The molecule has 440 valence electrons. The lowest BCUT2D eigenvalue weighted by molar-refractivity contribution is -0.0310. The SMILES string of the molecule is CCCCCCCCCCCCCCCCCCOCCOCCOCCOCCOCCOCCOCCOCCOCCOCCOCCOCCOCCOCCOCCOCCOCCOCCO. The molecule has 0 saturated carbocycles. The summed E-state index contributed by atoms with van der Waals surface area (Å²) < 4.78 is 98.9. The predicted octanol–water partition coefficient (Wildman–Crippen LogP) is 6.54. The molecule has 0 fully saturated rings. The third-order valence-corrected chi connectivity index (χ3v) is 10.7. The molecule has 0 aliphatic carbocycles. The molecule has 0 rings (SSSR count). The fourth-order valence-corrected chi connectivity index (χ4v) is 6.66. The van der Waals surface area contributed by atoms with Crippen molar-refractivity contribution in [3.05, 3.63) is 0 Å². The maximum absolute atomic E-state index is 8.61. The molecule has 0 bridgehead atoms. The van der Waals surface area contributed by atoms with Crippen LogP contribution in [0.4, 0.5) is 0 Å². The van der Waals surface area contributed by atoms with Crippen molar-refractivity contribution < 1.29 is 90.4 Å². The zero-order valence-corrected chi connectivity index (χ0v) is 46.3. The highest BCUT2D eigenvalue weighted by atomic mass is 16.6. The quantitative estimate of drug-likeness (QED) is 0.0647. The number of aliphatic hydroxyl groups excluding tert-OH is 1. The third-order valence-electron chi connectivity index (χ3n) is 10.7. The monoisotopic (exact) mass is 1060 g/mol. The van der Waals surface area contributed by atoms with Gasteiger partial charge in [-0.15, -0.1) is 0 Å². The van der Waals surface area contributed by atoms with Crippen molar-refractivity contribution in [3.63, 3.8) is 0 Å². The highest BCUT2D eigenvalue weighted by molar-refractivity contribution is 4.50. The summed E-state index contributed by atoms with van der Waals surface area (Å²) in [6.45, 7) is 20.9. The molecule has 0 heterocycles. The standard InChI is InChI=1S/C54H110O19/c1-2-3-4-5-6-7-8-9-10-11-12-13-14-15-16-17-19-56-21-23-58-25-27-60-29-31-62-33-35-64-37-39-66-41-43-68-45-47-70-49-51-72-53-54-73-52-50-71-48-46-69-44-42-67-40-38-65-36-34-63-32-30-61-28-26-59-24-22-57-20-18-55/h55H,2-54H2,1H3. The zero-order chi connectivity index (χ0) is 52.2. The van der Waals surface area contributed by atoms with Gasteiger partial charge in [0.1, 0.15) is 0 Å². The molecule has 0 unspecified atom stereocenters. The summed E-state index contributed by atoms with van der Waals surface area (Å²) in [7, 11) is 0. The van der Waals surface area contributed by atoms with Crippen LogP contribution < -0.4 is 0 Å². The first kappa shape index (κ1) is 72.2. The van der Waals surface area contributed by atoms with E-state index in [0.29, 0.717) is 231 Å². The van der Waals surface area contributed by atoms with Crippen molar-refractivity contribution in [3.8, 4) is 0 Å². The van der Waals surface area contributed by atoms with Gasteiger partial charge in [0, 0.05) is 6.61 Å². The average molecular weight is 1060 g/mol. The Kier molecular flexibility index (Phi) is 70.5. The van der Waals surface area contributed by atoms with Gasteiger partial charge < -0.3 is 90.4 Å². The molecular weight excluding hydrogens is 953 g/mol. The molecule has 0 radical (unpaired) electrons. The first-order valence-electron chi connectivity index (χ1n) is 28.4. The lowest BCUT2D eigenvalue weighted by atomic mass is 10.0. The van der Waals surface area contributed by atoms with E-state index in [-0.39, 0.29) is 6.61 Å². The molecule has 0 saturated heterocycles. The van der Waals surface area contributed by atoms with Crippen LogP contribution in [0.1, 0.15) is 110 Å². The smallest absolute Gasteiger partial charge is 0.0701 e. The fourth-order valence-electron chi connectivity index (χ4n) is 6.66. The Morgan fingerprint density at radius 3 is 0.425 bits per heavy atom. The van der Waals surface area contributed by atoms with Crippen LogP contribution in [0.5, 0.6) is 0 Å². The van der Waals surface area contributed by atoms with Gasteiger partial charge in [-0.1, -0.05) is 103 Å². The fraction of sp³-hybridized carbons (Fsp3) is 1.00. The van der Waals surface area contributed by atoms with E-state index in [1.54, 1.807) is 0 Å². The van der Waals surface area contributed by atoms with Crippen LogP contribution in [0.25, 0.3) is 0 Å². The predicted molar refractivity (Wildman–Crippen MR) is 281 cm³/mol. The summed E-state index contributed by atoms with van der Waals surface area (Å²) in [5.74, 6) is 0. The molecule has 19 nitrogen and oxygen atoms in total. The van der Waals surface area contributed by atoms with Gasteiger partial charge in [-0.05, 0) is 6.42 Å². The second kappa shape index (κ2) is 71.2. The summed E-state index contributed by atoms with van der Waals surface area (Å²) in [5, 5.41) is 8.61. The van der Waals surface area contributed by atoms with Gasteiger partial charge in [-0.2, -0.15) is 0 Å². The number of rotatable bonds is 70. The highest BCUT2D eigenvalue weighted by Gasteiger charge is 2.00. The van der Waals surface area contributed by atoms with Crippen molar-refractivity contribution >= 4 is 0 Å². The number of hydrogen-bond donors (Lipinski definition) is 1. The zero-order valence-electron chi connectivity index (χ0n) is 46.3. The minimum absolute atomic E-state index is 0.0214. The second-order valence-electron chi connectivity index (χ2n) is 17.0. The summed E-state index contributed by atoms with van der Waals surface area (Å²) in [4.78, 5) is 0. The summed E-state index contributed by atoms with van der Waals surface area (Å²) >= 11 is 0. The van der Waals surface area contributed by atoms with Crippen molar-refractivity contribution in [1.29, 1.82) is 0 Å². The molecule has 73 heavy (non-hydrogen) atoms. The van der Waals surface area contributed by atoms with E-state index in [1.165, 1.54) is 96.3 Å². The van der Waals surface area contributed by atoms with E-state index in [9.17, 15) is 0 Å². The van der Waals surface area contributed by atoms with Crippen LogP contribution in [0.15, 0.2) is 0 Å². The van der Waals surface area contributed by atoms with Gasteiger partial charge in [-0.3, -0.25) is 0 Å². The van der Waals surface area contributed by atoms with E-state index in [0.717, 1.165) is 13.0 Å². The van der Waals surface area contributed by atoms with Crippen LogP contribution in [-0.2, 0) is 85.3 Å². The largest absolute Gasteiger partial charge is 0.394 e.